The molecule has 0 atom stereocenters. The predicted molar refractivity (Wildman–Crippen MR) is 145 cm³/mol. The Morgan fingerprint density at radius 2 is 2.05 bits per heavy atom. The molecule has 206 valence electrons. The summed E-state index contributed by atoms with van der Waals surface area (Å²) >= 11 is 6.27. The highest BCUT2D eigenvalue weighted by Crippen LogP contribution is 2.39. The van der Waals surface area contributed by atoms with E-state index in [1.54, 1.807) is 12.1 Å². The summed E-state index contributed by atoms with van der Waals surface area (Å²) in [6.45, 7) is 4.55. The number of benzene rings is 2. The molecule has 0 saturated carbocycles. The molecule has 0 bridgehead atoms. The zero-order valence-electron chi connectivity index (χ0n) is 21.4. The third-order valence-corrected chi connectivity index (χ3v) is 5.78. The molecular weight excluding hydrogens is 533 g/mol. The number of amides is 1. The molecule has 0 spiro atoms. The molecule has 0 unspecified atom stereocenters. The SMILES string of the molecule is C=CC(=O)Nc1cc(Nc2ncc(Cl)c(Nc3cc4c(cc3F)CON4O)n2)c(OC)cc1OCCN(C)C. The molecule has 0 aliphatic carbocycles. The van der Waals surface area contributed by atoms with Gasteiger partial charge in [-0.1, -0.05) is 18.2 Å². The lowest BCUT2D eigenvalue weighted by Crippen LogP contribution is -2.20. The molecule has 39 heavy (non-hydrogen) atoms. The van der Waals surface area contributed by atoms with Gasteiger partial charge in [-0.05, 0) is 38.4 Å². The summed E-state index contributed by atoms with van der Waals surface area (Å²) in [4.78, 5) is 27.5. The van der Waals surface area contributed by atoms with E-state index in [-0.39, 0.29) is 34.8 Å². The van der Waals surface area contributed by atoms with Crippen molar-refractivity contribution in [2.75, 3.05) is 55.5 Å². The van der Waals surface area contributed by atoms with Crippen molar-refractivity contribution in [1.82, 2.24) is 14.9 Å². The van der Waals surface area contributed by atoms with Gasteiger partial charge in [0.05, 0.1) is 30.4 Å². The average Bonchev–Trinajstić information content (AvgIpc) is 3.25. The van der Waals surface area contributed by atoms with Crippen LogP contribution in [0.3, 0.4) is 0 Å². The number of likely N-dealkylation sites (N-methyl/N-ethyl adjacent to an activating group) is 1. The first kappa shape index (κ1) is 27.9. The number of anilines is 6. The number of nitrogens with one attached hydrogen (secondary N) is 3. The van der Waals surface area contributed by atoms with Crippen LogP contribution in [0.25, 0.3) is 0 Å². The number of hydrogen-bond donors (Lipinski definition) is 4. The van der Waals surface area contributed by atoms with Crippen molar-refractivity contribution in [2.45, 2.75) is 6.61 Å². The number of nitrogens with zero attached hydrogens (tertiary/aromatic N) is 4. The van der Waals surface area contributed by atoms with Crippen molar-refractivity contribution in [2.24, 2.45) is 0 Å². The third kappa shape index (κ3) is 6.64. The van der Waals surface area contributed by atoms with Crippen molar-refractivity contribution in [3.05, 3.63) is 59.5 Å². The van der Waals surface area contributed by atoms with E-state index in [4.69, 9.17) is 25.9 Å². The highest BCUT2D eigenvalue weighted by molar-refractivity contribution is 6.32. The Kier molecular flexibility index (Phi) is 8.66. The van der Waals surface area contributed by atoms with Crippen LogP contribution in [0.15, 0.2) is 43.1 Å². The monoisotopic (exact) mass is 559 g/mol. The second-order valence-electron chi connectivity index (χ2n) is 8.54. The number of ether oxygens (including phenoxy) is 2. The maximum atomic E-state index is 14.7. The molecule has 3 aromatic rings. The summed E-state index contributed by atoms with van der Waals surface area (Å²) in [5.41, 5.74) is 1.55. The molecule has 0 radical (unpaired) electrons. The lowest BCUT2D eigenvalue weighted by atomic mass is 10.1. The highest BCUT2D eigenvalue weighted by Gasteiger charge is 2.22. The quantitative estimate of drug-likeness (QED) is 0.248. The van der Waals surface area contributed by atoms with E-state index >= 15 is 0 Å². The van der Waals surface area contributed by atoms with E-state index in [0.29, 0.717) is 46.8 Å². The first-order valence-corrected chi connectivity index (χ1v) is 12.0. The molecular formula is C25H27ClFN7O5. The molecule has 1 aliphatic heterocycles. The third-order valence-electron chi connectivity index (χ3n) is 5.50. The van der Waals surface area contributed by atoms with Gasteiger partial charge in [-0.2, -0.15) is 4.98 Å². The number of halogens is 2. The van der Waals surface area contributed by atoms with E-state index in [9.17, 15) is 14.4 Å². The molecule has 14 heteroatoms. The minimum absolute atomic E-state index is 0.0103. The number of aromatic nitrogens is 2. The molecule has 4 N–H and O–H groups in total. The fourth-order valence-electron chi connectivity index (χ4n) is 3.52. The molecule has 1 amide bonds. The van der Waals surface area contributed by atoms with Crippen molar-refractivity contribution >= 4 is 52.0 Å². The van der Waals surface area contributed by atoms with Gasteiger partial charge in [0.15, 0.2) is 5.82 Å². The zero-order chi connectivity index (χ0) is 28.1. The summed E-state index contributed by atoms with van der Waals surface area (Å²) in [5.74, 6) is -0.0580. The summed E-state index contributed by atoms with van der Waals surface area (Å²) in [5, 5.41) is 19.0. The summed E-state index contributed by atoms with van der Waals surface area (Å²) < 4.78 is 26.1. The van der Waals surface area contributed by atoms with Crippen molar-refractivity contribution in [3.63, 3.8) is 0 Å². The van der Waals surface area contributed by atoms with Crippen LogP contribution in [-0.4, -0.2) is 60.3 Å². The number of methoxy groups -OCH3 is 1. The minimum Gasteiger partial charge on any atom is -0.494 e. The van der Waals surface area contributed by atoms with E-state index in [0.717, 1.165) is 6.08 Å². The molecule has 0 fully saturated rings. The van der Waals surface area contributed by atoms with Gasteiger partial charge in [0.1, 0.15) is 41.2 Å². The Bertz CT molecular complexity index is 1390. The molecule has 2 heterocycles. The van der Waals surface area contributed by atoms with Crippen LogP contribution in [0.2, 0.25) is 5.02 Å². The van der Waals surface area contributed by atoms with Crippen molar-refractivity contribution in [1.29, 1.82) is 0 Å². The van der Waals surface area contributed by atoms with Crippen molar-refractivity contribution < 1.29 is 28.7 Å². The summed E-state index contributed by atoms with van der Waals surface area (Å²) in [6.07, 6.45) is 2.47. The van der Waals surface area contributed by atoms with Crippen molar-refractivity contribution in [3.8, 4) is 11.5 Å². The van der Waals surface area contributed by atoms with E-state index in [1.165, 1.54) is 25.4 Å². The second kappa shape index (κ2) is 12.1. The van der Waals surface area contributed by atoms with Gasteiger partial charge < -0.3 is 30.3 Å². The van der Waals surface area contributed by atoms with Gasteiger partial charge in [-0.3, -0.25) is 10.0 Å². The number of carbonyl (C=O) groups is 1. The maximum absolute atomic E-state index is 14.7. The second-order valence-corrected chi connectivity index (χ2v) is 8.95. The first-order valence-electron chi connectivity index (χ1n) is 11.6. The maximum Gasteiger partial charge on any atom is 0.247 e. The highest BCUT2D eigenvalue weighted by atomic mass is 35.5. The topological polar surface area (TPSA) is 133 Å². The fourth-order valence-corrected chi connectivity index (χ4v) is 3.66. The fraction of sp³-hybridized carbons (Fsp3) is 0.240. The van der Waals surface area contributed by atoms with Crippen LogP contribution >= 0.6 is 11.6 Å². The molecule has 1 aliphatic rings. The lowest BCUT2D eigenvalue weighted by Gasteiger charge is -2.18. The number of fused-ring (bicyclic) bond motifs is 1. The van der Waals surface area contributed by atoms with Crippen LogP contribution in [0.4, 0.5) is 38.9 Å². The summed E-state index contributed by atoms with van der Waals surface area (Å²) in [7, 11) is 5.31. The smallest absolute Gasteiger partial charge is 0.247 e. The lowest BCUT2D eigenvalue weighted by molar-refractivity contribution is -0.111. The molecule has 0 saturated heterocycles. The van der Waals surface area contributed by atoms with E-state index in [1.807, 2.05) is 19.0 Å². The molecule has 12 nitrogen and oxygen atoms in total. The normalized spacial score (nSPS) is 12.2. The van der Waals surface area contributed by atoms with Crippen LogP contribution in [0, 0.1) is 5.82 Å². The van der Waals surface area contributed by atoms with Crippen LogP contribution < -0.4 is 30.7 Å². The first-order chi connectivity index (χ1) is 18.7. The van der Waals surface area contributed by atoms with Crippen LogP contribution in [0.5, 0.6) is 11.5 Å². The van der Waals surface area contributed by atoms with Gasteiger partial charge in [-0.25, -0.2) is 14.2 Å². The number of rotatable bonds is 11. The van der Waals surface area contributed by atoms with Crippen LogP contribution in [0.1, 0.15) is 5.56 Å². The Morgan fingerprint density at radius 1 is 1.26 bits per heavy atom. The predicted octanol–water partition coefficient (Wildman–Crippen LogP) is 4.47. The zero-order valence-corrected chi connectivity index (χ0v) is 22.2. The van der Waals surface area contributed by atoms with E-state index < -0.39 is 11.7 Å². The largest absolute Gasteiger partial charge is 0.494 e. The van der Waals surface area contributed by atoms with Gasteiger partial charge in [-0.15, -0.1) is 5.23 Å². The minimum atomic E-state index is -0.592. The Morgan fingerprint density at radius 3 is 2.77 bits per heavy atom. The van der Waals surface area contributed by atoms with E-state index in [2.05, 4.69) is 32.5 Å². The van der Waals surface area contributed by atoms with Gasteiger partial charge in [0.2, 0.25) is 11.9 Å². The van der Waals surface area contributed by atoms with Gasteiger partial charge in [0, 0.05) is 18.2 Å². The molecule has 1 aromatic heterocycles. The molecule has 4 rings (SSSR count). The average molecular weight is 560 g/mol. The Labute approximate surface area is 228 Å². The standard InChI is InChI=1S/C25H27ClFN7O5/c1-5-23(35)29-19-9-18(21(37-4)11-22(19)38-7-6-33(2)3)31-25-28-12-15(26)24(32-25)30-17-10-20-14(8-16(17)27)13-39-34(20)36/h5,8-12,36H,1,6-7,13H2,2-4H3,(H,29,35)(H2,28,30,31,32). The molecule has 2 aromatic carbocycles. The number of carbonyl (C=O) groups excluding carboxylic acids is 1. The van der Waals surface area contributed by atoms with Gasteiger partial charge in [0.25, 0.3) is 0 Å². The Hall–Kier alpha value is -4.17. The summed E-state index contributed by atoms with van der Waals surface area (Å²) in [6, 6.07) is 5.84. The van der Waals surface area contributed by atoms with Gasteiger partial charge >= 0.3 is 0 Å². The number of hydrogen-bond acceptors (Lipinski definition) is 11. The van der Waals surface area contributed by atoms with Crippen LogP contribution in [-0.2, 0) is 16.2 Å². The Balaban J connectivity index is 1.62.